The first kappa shape index (κ1) is 17.3. The molecule has 4 nitrogen and oxygen atoms in total. The van der Waals surface area contributed by atoms with E-state index in [4.69, 9.17) is 12.2 Å². The molecule has 0 atom stereocenters. The van der Waals surface area contributed by atoms with Crippen molar-refractivity contribution < 1.29 is 8.42 Å². The minimum absolute atomic E-state index is 0.332. The highest BCUT2D eigenvalue weighted by molar-refractivity contribution is 7.98. The molecule has 1 rings (SSSR count). The average Bonchev–Trinajstić information content (AvgIpc) is 2.41. The van der Waals surface area contributed by atoms with Gasteiger partial charge in [-0.25, -0.2) is 8.42 Å². The minimum Gasteiger partial charge on any atom is -0.363 e. The Bertz CT molecular complexity index is 527. The van der Waals surface area contributed by atoms with E-state index >= 15 is 0 Å². The summed E-state index contributed by atoms with van der Waals surface area (Å²) < 4.78 is 22.7. The Morgan fingerprint density at radius 2 is 1.90 bits per heavy atom. The molecule has 0 bridgehead atoms. The lowest BCUT2D eigenvalue weighted by Crippen LogP contribution is -2.35. The number of thiocarbonyl (C=S) groups is 1. The number of rotatable bonds is 7. The number of sulfone groups is 1. The van der Waals surface area contributed by atoms with Crippen LogP contribution in [0.5, 0.6) is 0 Å². The molecule has 0 spiro atoms. The smallest absolute Gasteiger partial charge is 0.175 e. The van der Waals surface area contributed by atoms with Crippen LogP contribution in [0.2, 0.25) is 0 Å². The zero-order valence-electron chi connectivity index (χ0n) is 11.7. The quantitative estimate of drug-likeness (QED) is 0.587. The Balaban J connectivity index is 2.37. The normalized spacial score (nSPS) is 11.1. The van der Waals surface area contributed by atoms with Crippen LogP contribution in [0.3, 0.4) is 0 Å². The highest BCUT2D eigenvalue weighted by atomic mass is 32.2. The van der Waals surface area contributed by atoms with E-state index in [0.717, 1.165) is 24.3 Å². The second-order valence-corrected chi connectivity index (χ2v) is 7.78. The van der Waals surface area contributed by atoms with Crippen LogP contribution in [-0.2, 0) is 16.4 Å². The van der Waals surface area contributed by atoms with Crippen molar-refractivity contribution in [3.05, 3.63) is 29.8 Å². The predicted octanol–water partition coefficient (Wildman–Crippen LogP) is 1.81. The lowest BCUT2D eigenvalue weighted by Gasteiger charge is -2.10. The number of benzene rings is 1. The number of hydrogen-bond donors (Lipinski definition) is 2. The monoisotopic (exact) mass is 332 g/mol. The van der Waals surface area contributed by atoms with Gasteiger partial charge in [0.1, 0.15) is 0 Å². The van der Waals surface area contributed by atoms with Crippen LogP contribution in [-0.4, -0.2) is 38.3 Å². The van der Waals surface area contributed by atoms with Gasteiger partial charge in [-0.1, -0.05) is 12.1 Å². The second kappa shape index (κ2) is 8.49. The summed E-state index contributed by atoms with van der Waals surface area (Å²) in [6.07, 6.45) is 4.36. The fraction of sp³-hybridized carbons (Fsp3) is 0.462. The molecule has 0 fully saturated rings. The number of hydrogen-bond acceptors (Lipinski definition) is 4. The van der Waals surface area contributed by atoms with Crippen molar-refractivity contribution in [1.82, 2.24) is 10.6 Å². The Hall–Kier alpha value is -0.790. The van der Waals surface area contributed by atoms with Gasteiger partial charge in [-0.15, -0.1) is 0 Å². The van der Waals surface area contributed by atoms with Crippen LogP contribution < -0.4 is 10.6 Å². The first-order chi connectivity index (χ1) is 9.43. The molecule has 0 heterocycles. The molecular formula is C13H20N2O2S3. The summed E-state index contributed by atoms with van der Waals surface area (Å²) in [4.78, 5) is 0.332. The van der Waals surface area contributed by atoms with E-state index in [2.05, 4.69) is 16.9 Å². The van der Waals surface area contributed by atoms with Gasteiger partial charge in [0.2, 0.25) is 0 Å². The molecule has 1 aromatic carbocycles. The van der Waals surface area contributed by atoms with Gasteiger partial charge in [-0.3, -0.25) is 0 Å². The van der Waals surface area contributed by atoms with E-state index in [-0.39, 0.29) is 0 Å². The van der Waals surface area contributed by atoms with E-state index in [0.29, 0.717) is 16.6 Å². The maximum absolute atomic E-state index is 11.3. The van der Waals surface area contributed by atoms with Crippen molar-refractivity contribution in [2.24, 2.45) is 0 Å². The third-order valence-electron chi connectivity index (χ3n) is 2.62. The van der Waals surface area contributed by atoms with Gasteiger partial charge in [0.05, 0.1) is 4.90 Å². The molecule has 1 aromatic rings. The third kappa shape index (κ3) is 6.58. The third-order valence-corrected chi connectivity index (χ3v) is 4.73. The van der Waals surface area contributed by atoms with Crippen LogP contribution in [0.15, 0.2) is 29.2 Å². The van der Waals surface area contributed by atoms with Crippen molar-refractivity contribution in [2.45, 2.75) is 17.9 Å². The molecule has 0 saturated carbocycles. The summed E-state index contributed by atoms with van der Waals surface area (Å²) in [5, 5.41) is 6.86. The maximum Gasteiger partial charge on any atom is 0.175 e. The van der Waals surface area contributed by atoms with Crippen molar-refractivity contribution in [3.63, 3.8) is 0 Å². The van der Waals surface area contributed by atoms with Crippen LogP contribution in [0.4, 0.5) is 0 Å². The Kier molecular flexibility index (Phi) is 7.32. The number of nitrogens with one attached hydrogen (secondary N) is 2. The second-order valence-electron chi connectivity index (χ2n) is 4.37. The van der Waals surface area contributed by atoms with Gasteiger partial charge >= 0.3 is 0 Å². The summed E-state index contributed by atoms with van der Waals surface area (Å²) in [5.41, 5.74) is 0.991. The predicted molar refractivity (Wildman–Crippen MR) is 90.0 cm³/mol. The molecule has 0 aliphatic rings. The van der Waals surface area contributed by atoms with Crippen molar-refractivity contribution in [1.29, 1.82) is 0 Å². The molecule has 2 N–H and O–H groups in total. The molecule has 0 aromatic heterocycles. The van der Waals surface area contributed by atoms with Crippen molar-refractivity contribution >= 4 is 38.9 Å². The van der Waals surface area contributed by atoms with E-state index in [1.807, 2.05) is 11.8 Å². The summed E-state index contributed by atoms with van der Waals surface area (Å²) >= 11 is 6.98. The molecule has 0 radical (unpaired) electrons. The lowest BCUT2D eigenvalue weighted by atomic mass is 10.2. The SMILES string of the molecule is CSCCCNC(=S)NCc1ccc(S(C)(=O)=O)cc1. The summed E-state index contributed by atoms with van der Waals surface area (Å²) in [6, 6.07) is 6.81. The zero-order valence-corrected chi connectivity index (χ0v) is 14.1. The summed E-state index contributed by atoms with van der Waals surface area (Å²) in [5.74, 6) is 1.11. The summed E-state index contributed by atoms with van der Waals surface area (Å²) in [6.45, 7) is 1.44. The van der Waals surface area contributed by atoms with Gasteiger partial charge in [-0.2, -0.15) is 11.8 Å². The zero-order chi connectivity index (χ0) is 15.0. The Morgan fingerprint density at radius 1 is 1.25 bits per heavy atom. The highest BCUT2D eigenvalue weighted by Crippen LogP contribution is 2.10. The lowest BCUT2D eigenvalue weighted by molar-refractivity contribution is 0.602. The van der Waals surface area contributed by atoms with Gasteiger partial charge < -0.3 is 10.6 Å². The Labute approximate surface area is 130 Å². The van der Waals surface area contributed by atoms with Crippen LogP contribution >= 0.6 is 24.0 Å². The Morgan fingerprint density at radius 3 is 2.45 bits per heavy atom. The highest BCUT2D eigenvalue weighted by Gasteiger charge is 2.06. The van der Waals surface area contributed by atoms with Crippen LogP contribution in [0.25, 0.3) is 0 Å². The van der Waals surface area contributed by atoms with Gasteiger partial charge in [-0.05, 0) is 48.3 Å². The topological polar surface area (TPSA) is 58.2 Å². The first-order valence-electron chi connectivity index (χ1n) is 6.23. The summed E-state index contributed by atoms with van der Waals surface area (Å²) in [7, 11) is -3.13. The van der Waals surface area contributed by atoms with Gasteiger partial charge in [0.25, 0.3) is 0 Å². The van der Waals surface area contributed by atoms with Crippen molar-refractivity contribution in [2.75, 3.05) is 24.8 Å². The standard InChI is InChI=1S/C13H20N2O2S3/c1-19-9-3-8-14-13(18)15-10-11-4-6-12(7-5-11)20(2,16)17/h4-7H,3,8-10H2,1-2H3,(H2,14,15,18). The van der Waals surface area contributed by atoms with Gasteiger partial charge in [0.15, 0.2) is 14.9 Å². The molecule has 20 heavy (non-hydrogen) atoms. The molecule has 0 unspecified atom stereocenters. The number of thioether (sulfide) groups is 1. The molecule has 0 aliphatic carbocycles. The minimum atomic E-state index is -3.13. The fourth-order valence-corrected chi connectivity index (χ4v) is 2.76. The van der Waals surface area contributed by atoms with Gasteiger partial charge in [0, 0.05) is 19.3 Å². The average molecular weight is 333 g/mol. The van der Waals surface area contributed by atoms with E-state index < -0.39 is 9.84 Å². The fourth-order valence-electron chi connectivity index (χ4n) is 1.52. The van der Waals surface area contributed by atoms with Crippen LogP contribution in [0.1, 0.15) is 12.0 Å². The van der Waals surface area contributed by atoms with Crippen LogP contribution in [0, 0.1) is 0 Å². The molecule has 0 amide bonds. The largest absolute Gasteiger partial charge is 0.363 e. The van der Waals surface area contributed by atoms with E-state index in [1.54, 1.807) is 24.3 Å². The van der Waals surface area contributed by atoms with Crippen molar-refractivity contribution in [3.8, 4) is 0 Å². The van der Waals surface area contributed by atoms with E-state index in [9.17, 15) is 8.42 Å². The molecule has 112 valence electrons. The van der Waals surface area contributed by atoms with E-state index in [1.165, 1.54) is 6.26 Å². The molecule has 0 saturated heterocycles. The molecule has 0 aliphatic heterocycles. The molecular weight excluding hydrogens is 312 g/mol. The first-order valence-corrected chi connectivity index (χ1v) is 9.92. The maximum atomic E-state index is 11.3. The molecule has 7 heteroatoms.